The second-order valence-electron chi connectivity index (χ2n) is 11.1. The fraction of sp³-hybridized carbons (Fsp3) is 0.724. The molecule has 0 unspecified atom stereocenters. The third-order valence-electron chi connectivity index (χ3n) is 8.21. The van der Waals surface area contributed by atoms with E-state index in [0.29, 0.717) is 45.3 Å². The van der Waals surface area contributed by atoms with Gasteiger partial charge in [-0.2, -0.15) is 0 Å². The van der Waals surface area contributed by atoms with Crippen molar-refractivity contribution >= 4 is 23.7 Å². The number of esters is 1. The van der Waals surface area contributed by atoms with E-state index >= 15 is 0 Å². The van der Waals surface area contributed by atoms with Crippen LogP contribution in [0, 0.1) is 11.8 Å². The number of aliphatic hydroxyl groups excluding tert-OH is 1. The van der Waals surface area contributed by atoms with Crippen molar-refractivity contribution in [3.05, 3.63) is 24.3 Å². The maximum absolute atomic E-state index is 14.3. The van der Waals surface area contributed by atoms with Crippen molar-refractivity contribution in [2.75, 3.05) is 32.8 Å². The highest BCUT2D eigenvalue weighted by molar-refractivity contribution is 5.99. The fourth-order valence-electron chi connectivity index (χ4n) is 6.22. The molecule has 3 amide bonds. The summed E-state index contributed by atoms with van der Waals surface area (Å²) in [5, 5.41) is 11.9. The van der Waals surface area contributed by atoms with Crippen LogP contribution in [0.4, 0.5) is 0 Å². The number of allylic oxidation sites excluding steroid dienone is 1. The van der Waals surface area contributed by atoms with Crippen LogP contribution in [-0.2, 0) is 28.7 Å². The van der Waals surface area contributed by atoms with Crippen LogP contribution in [0.1, 0.15) is 65.2 Å². The first-order valence-corrected chi connectivity index (χ1v) is 14.5. The van der Waals surface area contributed by atoms with Crippen molar-refractivity contribution in [3.63, 3.8) is 0 Å². The summed E-state index contributed by atoms with van der Waals surface area (Å²) in [6.45, 7) is 5.35. The molecular weight excluding hydrogens is 502 g/mol. The minimum Gasteiger partial charge on any atom is -0.460 e. The van der Waals surface area contributed by atoms with Gasteiger partial charge >= 0.3 is 5.97 Å². The summed E-state index contributed by atoms with van der Waals surface area (Å²) in [7, 11) is 0. The Hall–Kier alpha value is -2.72. The smallest absolute Gasteiger partial charge is 0.313 e. The van der Waals surface area contributed by atoms with Gasteiger partial charge in [-0.1, -0.05) is 50.5 Å². The van der Waals surface area contributed by atoms with Crippen LogP contribution < -0.4 is 5.32 Å². The van der Waals surface area contributed by atoms with E-state index < -0.39 is 41.7 Å². The van der Waals surface area contributed by atoms with Crippen molar-refractivity contribution < 1.29 is 33.8 Å². The van der Waals surface area contributed by atoms with Crippen molar-refractivity contribution in [1.29, 1.82) is 0 Å². The largest absolute Gasteiger partial charge is 0.460 e. The molecule has 2 N–H and O–H groups in total. The van der Waals surface area contributed by atoms with E-state index in [1.165, 1.54) is 0 Å². The summed E-state index contributed by atoms with van der Waals surface area (Å²) < 4.78 is 12.1. The number of amides is 3. The Labute approximate surface area is 230 Å². The van der Waals surface area contributed by atoms with Gasteiger partial charge in [0, 0.05) is 32.7 Å². The lowest BCUT2D eigenvalue weighted by Crippen LogP contribution is -2.56. The molecule has 2 fully saturated rings. The molecule has 5 bridgehead atoms. The third-order valence-corrected chi connectivity index (χ3v) is 8.21. The van der Waals surface area contributed by atoms with E-state index in [-0.39, 0.29) is 30.9 Å². The summed E-state index contributed by atoms with van der Waals surface area (Å²) in [5.41, 5.74) is -1.22. The second-order valence-corrected chi connectivity index (χ2v) is 11.1. The van der Waals surface area contributed by atoms with E-state index in [1.807, 2.05) is 18.2 Å². The van der Waals surface area contributed by atoms with Gasteiger partial charge in [0.25, 0.3) is 0 Å². The Bertz CT molecular complexity index is 982. The number of carbonyl (C=O) groups is 4. The lowest BCUT2D eigenvalue weighted by atomic mass is 9.74. The van der Waals surface area contributed by atoms with Crippen LogP contribution >= 0.6 is 0 Å². The zero-order valence-corrected chi connectivity index (χ0v) is 23.2. The molecule has 0 aromatic heterocycles. The van der Waals surface area contributed by atoms with Gasteiger partial charge in [0.2, 0.25) is 17.7 Å². The topological polar surface area (TPSA) is 125 Å². The molecule has 1 spiro atoms. The van der Waals surface area contributed by atoms with Gasteiger partial charge in [-0.15, -0.1) is 0 Å². The molecule has 0 radical (unpaired) electrons. The summed E-state index contributed by atoms with van der Waals surface area (Å²) in [6, 6.07) is -0.867. The Kier molecular flexibility index (Phi) is 9.82. The van der Waals surface area contributed by atoms with Crippen molar-refractivity contribution in [1.82, 2.24) is 15.1 Å². The number of ether oxygens (including phenoxy) is 2. The molecule has 6 atom stereocenters. The van der Waals surface area contributed by atoms with Crippen molar-refractivity contribution in [3.8, 4) is 0 Å². The fourth-order valence-corrected chi connectivity index (χ4v) is 6.22. The summed E-state index contributed by atoms with van der Waals surface area (Å²) >= 11 is 0. The Morgan fingerprint density at radius 2 is 1.85 bits per heavy atom. The monoisotopic (exact) mass is 545 g/mol. The van der Waals surface area contributed by atoms with E-state index in [0.717, 1.165) is 25.7 Å². The molecule has 0 aromatic rings. The normalized spacial score (nSPS) is 33.9. The van der Waals surface area contributed by atoms with Gasteiger partial charge in [-0.25, -0.2) is 0 Å². The molecule has 0 saturated carbocycles. The molecule has 10 heteroatoms. The molecule has 39 heavy (non-hydrogen) atoms. The highest BCUT2D eigenvalue weighted by Gasteiger charge is 2.73. The maximum Gasteiger partial charge on any atom is 0.313 e. The second kappa shape index (κ2) is 13.1. The van der Waals surface area contributed by atoms with Crippen molar-refractivity contribution in [2.24, 2.45) is 11.8 Å². The maximum atomic E-state index is 14.3. The molecule has 10 nitrogen and oxygen atoms in total. The van der Waals surface area contributed by atoms with Crippen LogP contribution in [0.2, 0.25) is 0 Å². The summed E-state index contributed by atoms with van der Waals surface area (Å²) in [4.78, 5) is 57.3. The molecule has 0 aromatic carbocycles. The van der Waals surface area contributed by atoms with Gasteiger partial charge in [0.1, 0.15) is 23.7 Å². The van der Waals surface area contributed by atoms with E-state index in [2.05, 4.69) is 12.2 Å². The molecular formula is C29H43N3O7. The lowest BCUT2D eigenvalue weighted by molar-refractivity contribution is -0.158. The highest BCUT2D eigenvalue weighted by atomic mass is 16.6. The molecule has 4 heterocycles. The van der Waals surface area contributed by atoms with Crippen molar-refractivity contribution in [2.45, 2.75) is 89.1 Å². The molecule has 4 rings (SSSR count). The first-order chi connectivity index (χ1) is 18.8. The van der Waals surface area contributed by atoms with Crippen LogP contribution in [0.3, 0.4) is 0 Å². The zero-order valence-electron chi connectivity index (χ0n) is 23.2. The number of hydrogen-bond donors (Lipinski definition) is 2. The molecule has 4 aliphatic heterocycles. The Morgan fingerprint density at radius 1 is 1.05 bits per heavy atom. The zero-order chi connectivity index (χ0) is 28.0. The summed E-state index contributed by atoms with van der Waals surface area (Å²) in [6.07, 6.45) is 11.8. The minimum absolute atomic E-state index is 0.126. The predicted octanol–water partition coefficient (Wildman–Crippen LogP) is 1.72. The van der Waals surface area contributed by atoms with E-state index in [1.54, 1.807) is 22.8 Å². The number of unbranched alkanes of at least 4 members (excludes halogenated alkanes) is 4. The van der Waals surface area contributed by atoms with Gasteiger partial charge < -0.3 is 29.7 Å². The van der Waals surface area contributed by atoms with E-state index in [4.69, 9.17) is 14.6 Å². The number of fused-ring (bicyclic) bond motifs is 2. The SMILES string of the molecule is CCCCN1C/C=C\CCC(=O)NC[C@@H](C)OC(=O)[C@@H]2[C@@H]3C=C[C@]4(O3)[C@H](C1=O)N(CCCCCCO)C(=O)[C@@H]24. The van der Waals surface area contributed by atoms with Gasteiger partial charge in [-0.3, -0.25) is 19.2 Å². The van der Waals surface area contributed by atoms with Gasteiger partial charge in [0.15, 0.2) is 0 Å². The average molecular weight is 546 g/mol. The highest BCUT2D eigenvalue weighted by Crippen LogP contribution is 2.55. The number of likely N-dealkylation sites (tertiary alicyclic amines) is 1. The number of hydrogen-bond acceptors (Lipinski definition) is 7. The molecule has 2 saturated heterocycles. The minimum atomic E-state index is -1.22. The standard InChI is InChI=1S/C29H43N3O7/c1-3-4-15-31-16-9-7-8-12-22(34)30-19-20(2)38-28(37)23-21-13-14-29(39-21)24(23)26(35)32(25(29)27(31)36)17-10-5-6-11-18-33/h7,9,13-14,20-21,23-25,33H,3-6,8,10-12,15-19H2,1-2H3,(H,30,34)/b9-7-/t20-,21+,23-,24-,25+,29-/m1/s1. The van der Waals surface area contributed by atoms with Crippen LogP contribution in [0.5, 0.6) is 0 Å². The number of nitrogens with zero attached hydrogens (tertiary/aromatic N) is 2. The number of aliphatic hydroxyl groups is 1. The van der Waals surface area contributed by atoms with Crippen LogP contribution in [0.15, 0.2) is 24.3 Å². The quantitative estimate of drug-likeness (QED) is 0.257. The molecule has 4 aliphatic rings. The lowest BCUT2D eigenvalue weighted by Gasteiger charge is -2.36. The number of cyclic esters (lactones) is 1. The average Bonchev–Trinajstić information content (AvgIpc) is 3.55. The van der Waals surface area contributed by atoms with Crippen LogP contribution in [-0.4, -0.2) is 95.2 Å². The van der Waals surface area contributed by atoms with Gasteiger partial charge in [0.05, 0.1) is 18.6 Å². The Balaban J connectivity index is 1.68. The van der Waals surface area contributed by atoms with Gasteiger partial charge in [-0.05, 0) is 32.6 Å². The van der Waals surface area contributed by atoms with Crippen LogP contribution in [0.25, 0.3) is 0 Å². The first kappa shape index (κ1) is 29.3. The number of nitrogens with one attached hydrogen (secondary N) is 1. The third kappa shape index (κ3) is 6.06. The number of rotatable bonds is 9. The predicted molar refractivity (Wildman–Crippen MR) is 143 cm³/mol. The molecule has 216 valence electrons. The van der Waals surface area contributed by atoms with E-state index in [9.17, 15) is 19.2 Å². The first-order valence-electron chi connectivity index (χ1n) is 14.5. The number of carbonyl (C=O) groups excluding carboxylic acids is 4. The molecule has 0 aliphatic carbocycles. The summed E-state index contributed by atoms with van der Waals surface area (Å²) in [5.74, 6) is -2.82. The Morgan fingerprint density at radius 3 is 2.62 bits per heavy atom.